The molecule has 4 aromatic rings. The highest BCUT2D eigenvalue weighted by atomic mass is 35.5. The summed E-state index contributed by atoms with van der Waals surface area (Å²) in [5, 5.41) is 0.723. The van der Waals surface area contributed by atoms with Crippen molar-refractivity contribution >= 4 is 29.3 Å². The minimum atomic E-state index is 0.0754. The molecule has 1 saturated heterocycles. The van der Waals surface area contributed by atoms with Gasteiger partial charge in [-0.25, -0.2) is 0 Å². The van der Waals surface area contributed by atoms with Crippen molar-refractivity contribution in [2.75, 3.05) is 32.8 Å². The third-order valence-corrected chi connectivity index (χ3v) is 8.33. The average molecular weight is 557 g/mol. The van der Waals surface area contributed by atoms with Crippen LogP contribution in [0, 0.1) is 0 Å². The van der Waals surface area contributed by atoms with Crippen molar-refractivity contribution in [3.63, 3.8) is 0 Å². The number of halogens is 1. The molecule has 0 N–H and O–H groups in total. The molecule has 0 bridgehead atoms. The van der Waals surface area contributed by atoms with Crippen molar-refractivity contribution in [1.29, 1.82) is 0 Å². The van der Waals surface area contributed by atoms with Gasteiger partial charge in [0.05, 0.1) is 12.6 Å². The number of carbonyl (C=O) groups excluding carboxylic acids is 1. The molecular weight excluding hydrogens is 524 g/mol. The Morgan fingerprint density at radius 3 is 2.05 bits per heavy atom. The molecule has 1 aliphatic heterocycles. The van der Waals surface area contributed by atoms with Crippen molar-refractivity contribution in [1.82, 2.24) is 9.80 Å². The quantitative estimate of drug-likeness (QED) is 0.199. The Kier molecular flexibility index (Phi) is 9.25. The first-order valence-electron chi connectivity index (χ1n) is 13.4. The van der Waals surface area contributed by atoms with E-state index in [1.807, 2.05) is 54.3 Å². The molecule has 1 fully saturated rings. The first-order chi connectivity index (χ1) is 19.1. The Hall–Kier alpha value is -3.25. The van der Waals surface area contributed by atoms with Crippen LogP contribution in [-0.2, 0) is 5.75 Å². The average Bonchev–Trinajstić information content (AvgIpc) is 2.99. The number of nitrogens with zero attached hydrogens (tertiary/aromatic N) is 2. The van der Waals surface area contributed by atoms with Gasteiger partial charge in [-0.2, -0.15) is 0 Å². The van der Waals surface area contributed by atoms with Gasteiger partial charge in [-0.05, 0) is 60.5 Å². The highest BCUT2D eigenvalue weighted by Gasteiger charge is 2.28. The fourth-order valence-corrected chi connectivity index (χ4v) is 6.07. The van der Waals surface area contributed by atoms with Crippen molar-refractivity contribution in [3.05, 3.63) is 130 Å². The summed E-state index contributed by atoms with van der Waals surface area (Å²) in [6.07, 6.45) is 0. The van der Waals surface area contributed by atoms with Crippen LogP contribution in [0.1, 0.15) is 40.0 Å². The smallest absolute Gasteiger partial charge is 0.253 e. The predicted octanol–water partition coefficient (Wildman–Crippen LogP) is 7.58. The van der Waals surface area contributed by atoms with Gasteiger partial charge < -0.3 is 9.64 Å². The van der Waals surface area contributed by atoms with Gasteiger partial charge in [-0.15, -0.1) is 11.8 Å². The van der Waals surface area contributed by atoms with Crippen molar-refractivity contribution < 1.29 is 9.53 Å². The third kappa shape index (κ3) is 6.85. The Bertz CT molecular complexity index is 1320. The van der Waals surface area contributed by atoms with E-state index >= 15 is 0 Å². The lowest BCUT2D eigenvalue weighted by atomic mass is 9.96. The van der Waals surface area contributed by atoms with Crippen LogP contribution in [0.15, 0.2) is 108 Å². The minimum Gasteiger partial charge on any atom is -0.494 e. The van der Waals surface area contributed by atoms with Gasteiger partial charge in [0.1, 0.15) is 5.75 Å². The number of hydrogen-bond acceptors (Lipinski definition) is 4. The number of hydrogen-bond donors (Lipinski definition) is 0. The molecule has 1 heterocycles. The van der Waals surface area contributed by atoms with E-state index in [9.17, 15) is 4.79 Å². The van der Waals surface area contributed by atoms with Crippen LogP contribution in [0.2, 0.25) is 5.02 Å². The van der Waals surface area contributed by atoms with Gasteiger partial charge >= 0.3 is 0 Å². The number of benzene rings is 4. The maximum Gasteiger partial charge on any atom is 0.253 e. The summed E-state index contributed by atoms with van der Waals surface area (Å²) in [6, 6.07) is 35.1. The normalized spacial score (nSPS) is 14.0. The summed E-state index contributed by atoms with van der Waals surface area (Å²) in [5.41, 5.74) is 4.28. The van der Waals surface area contributed by atoms with Crippen LogP contribution in [0.5, 0.6) is 5.75 Å². The van der Waals surface area contributed by atoms with E-state index in [0.717, 1.165) is 34.3 Å². The van der Waals surface area contributed by atoms with Crippen LogP contribution in [0.3, 0.4) is 0 Å². The molecule has 1 amide bonds. The molecule has 0 radical (unpaired) electrons. The van der Waals surface area contributed by atoms with E-state index < -0.39 is 0 Å². The number of amides is 1. The van der Waals surface area contributed by atoms with Crippen molar-refractivity contribution in [2.45, 2.75) is 23.6 Å². The molecule has 200 valence electrons. The van der Waals surface area contributed by atoms with E-state index in [0.29, 0.717) is 31.0 Å². The largest absolute Gasteiger partial charge is 0.494 e. The zero-order valence-corrected chi connectivity index (χ0v) is 23.7. The summed E-state index contributed by atoms with van der Waals surface area (Å²) < 4.78 is 5.88. The van der Waals surface area contributed by atoms with E-state index in [1.165, 1.54) is 11.1 Å². The minimum absolute atomic E-state index is 0.0754. The Morgan fingerprint density at radius 2 is 1.46 bits per heavy atom. The monoisotopic (exact) mass is 556 g/mol. The van der Waals surface area contributed by atoms with Gasteiger partial charge in [-0.3, -0.25) is 9.69 Å². The van der Waals surface area contributed by atoms with E-state index in [1.54, 1.807) is 11.8 Å². The maximum absolute atomic E-state index is 13.6. The lowest BCUT2D eigenvalue weighted by Crippen LogP contribution is -2.49. The van der Waals surface area contributed by atoms with Crippen LogP contribution < -0.4 is 4.74 Å². The molecule has 4 nitrogen and oxygen atoms in total. The molecular formula is C33H33ClN2O2S. The molecule has 0 aromatic heterocycles. The summed E-state index contributed by atoms with van der Waals surface area (Å²) in [7, 11) is 0. The molecule has 0 spiro atoms. The van der Waals surface area contributed by atoms with Crippen molar-refractivity contribution in [3.8, 4) is 5.75 Å². The summed E-state index contributed by atoms with van der Waals surface area (Å²) >= 11 is 7.75. The molecule has 5 rings (SSSR count). The van der Waals surface area contributed by atoms with E-state index in [2.05, 4.69) is 65.6 Å². The van der Waals surface area contributed by atoms with Crippen LogP contribution in [-0.4, -0.2) is 48.5 Å². The fraction of sp³-hybridized carbons (Fsp3) is 0.242. The standard InChI is InChI=1S/C33H33ClN2O2S/c1-2-38-31-18-13-27(23-28(31)24-39-30-16-14-29(34)15-17-30)33(37)36-21-19-35(20-22-36)32(25-9-5-3-6-10-25)26-11-7-4-8-12-26/h3-18,23,32H,2,19-22,24H2,1H3. The number of rotatable bonds is 9. The molecule has 0 unspecified atom stereocenters. The topological polar surface area (TPSA) is 32.8 Å². The zero-order chi connectivity index (χ0) is 27.0. The second-order valence-electron chi connectivity index (χ2n) is 9.55. The highest BCUT2D eigenvalue weighted by Crippen LogP contribution is 2.32. The molecule has 0 aliphatic carbocycles. The van der Waals surface area contributed by atoms with Gasteiger partial charge in [-0.1, -0.05) is 72.3 Å². The van der Waals surface area contributed by atoms with Crippen LogP contribution >= 0.6 is 23.4 Å². The van der Waals surface area contributed by atoms with Crippen LogP contribution in [0.4, 0.5) is 0 Å². The van der Waals surface area contributed by atoms with Crippen molar-refractivity contribution in [2.24, 2.45) is 0 Å². The second-order valence-corrected chi connectivity index (χ2v) is 11.0. The SMILES string of the molecule is CCOc1ccc(C(=O)N2CCN(C(c3ccccc3)c3ccccc3)CC2)cc1CSc1ccc(Cl)cc1. The number of ether oxygens (including phenoxy) is 1. The lowest BCUT2D eigenvalue weighted by molar-refractivity contribution is 0.0597. The summed E-state index contributed by atoms with van der Waals surface area (Å²) in [6.45, 7) is 5.58. The lowest BCUT2D eigenvalue weighted by Gasteiger charge is -2.40. The maximum atomic E-state index is 13.6. The summed E-state index contributed by atoms with van der Waals surface area (Å²) in [5.74, 6) is 1.61. The number of carbonyl (C=O) groups is 1. The van der Waals surface area contributed by atoms with E-state index in [-0.39, 0.29) is 11.9 Å². The van der Waals surface area contributed by atoms with Gasteiger partial charge in [0.25, 0.3) is 5.91 Å². The second kappa shape index (κ2) is 13.2. The molecule has 4 aromatic carbocycles. The first-order valence-corrected chi connectivity index (χ1v) is 14.8. The van der Waals surface area contributed by atoms with Gasteiger partial charge in [0.15, 0.2) is 0 Å². The number of thioether (sulfide) groups is 1. The van der Waals surface area contributed by atoms with E-state index in [4.69, 9.17) is 16.3 Å². The van der Waals surface area contributed by atoms with Gasteiger partial charge in [0.2, 0.25) is 0 Å². The number of piperazine rings is 1. The van der Waals surface area contributed by atoms with Gasteiger partial charge in [0, 0.05) is 53.0 Å². The Labute approximate surface area is 240 Å². The van der Waals surface area contributed by atoms with Crippen LogP contribution in [0.25, 0.3) is 0 Å². The Balaban J connectivity index is 1.28. The first kappa shape index (κ1) is 27.3. The third-order valence-electron chi connectivity index (χ3n) is 7.01. The highest BCUT2D eigenvalue weighted by molar-refractivity contribution is 7.98. The molecule has 6 heteroatoms. The molecule has 39 heavy (non-hydrogen) atoms. The molecule has 1 aliphatic rings. The zero-order valence-electron chi connectivity index (χ0n) is 22.1. The predicted molar refractivity (Wildman–Crippen MR) is 161 cm³/mol. The molecule has 0 atom stereocenters. The Morgan fingerprint density at radius 1 is 0.846 bits per heavy atom. The fourth-order valence-electron chi connectivity index (χ4n) is 5.06. The summed E-state index contributed by atoms with van der Waals surface area (Å²) in [4.78, 5) is 19.2. The molecule has 0 saturated carbocycles.